The molecule has 0 bridgehead atoms. The summed E-state index contributed by atoms with van der Waals surface area (Å²) < 4.78 is 15.3. The maximum Gasteiger partial charge on any atom is 0.275 e. The summed E-state index contributed by atoms with van der Waals surface area (Å²) in [6.45, 7) is 10.1. The van der Waals surface area contributed by atoms with E-state index in [1.165, 1.54) is 6.07 Å². The average Bonchev–Trinajstić information content (AvgIpc) is 3.15. The number of carbonyl (C=O) groups is 2. The zero-order valence-electron chi connectivity index (χ0n) is 18.4. The highest BCUT2D eigenvalue weighted by molar-refractivity contribution is 5.99. The Morgan fingerprint density at radius 3 is 2.68 bits per heavy atom. The summed E-state index contributed by atoms with van der Waals surface area (Å²) in [5.41, 5.74) is 2.81. The van der Waals surface area contributed by atoms with E-state index in [9.17, 15) is 14.0 Å². The van der Waals surface area contributed by atoms with Crippen molar-refractivity contribution >= 4 is 17.5 Å². The van der Waals surface area contributed by atoms with Crippen molar-refractivity contribution in [3.63, 3.8) is 0 Å². The zero-order valence-corrected chi connectivity index (χ0v) is 18.4. The number of halogens is 1. The number of nitrogens with zero attached hydrogens (tertiary/aromatic N) is 4. The van der Waals surface area contributed by atoms with Crippen molar-refractivity contribution in [1.82, 2.24) is 24.8 Å². The van der Waals surface area contributed by atoms with E-state index < -0.39 is 5.54 Å². The van der Waals surface area contributed by atoms with Gasteiger partial charge in [0.05, 0.1) is 11.9 Å². The van der Waals surface area contributed by atoms with Gasteiger partial charge in [-0.05, 0) is 56.5 Å². The Balaban J connectivity index is 1.81. The minimum absolute atomic E-state index is 0.133. The van der Waals surface area contributed by atoms with Crippen LogP contribution in [0.15, 0.2) is 30.5 Å². The monoisotopic (exact) mass is 423 g/mol. The number of rotatable bonds is 3. The van der Waals surface area contributed by atoms with Gasteiger partial charge in [-0.15, -0.1) is 0 Å². The van der Waals surface area contributed by atoms with Gasteiger partial charge in [0.15, 0.2) is 5.65 Å². The number of benzene rings is 1. The third kappa shape index (κ3) is 3.56. The second-order valence-corrected chi connectivity index (χ2v) is 8.77. The highest BCUT2D eigenvalue weighted by Gasteiger charge is 2.41. The van der Waals surface area contributed by atoms with Crippen LogP contribution in [0.1, 0.15) is 55.2 Å². The van der Waals surface area contributed by atoms with Crippen molar-refractivity contribution < 1.29 is 14.0 Å². The Bertz CT molecular complexity index is 1200. The summed E-state index contributed by atoms with van der Waals surface area (Å²) in [5.74, 6) is -0.629. The van der Waals surface area contributed by atoms with Crippen LogP contribution in [-0.4, -0.2) is 49.9 Å². The second kappa shape index (κ2) is 7.44. The number of hydrogen-bond donors (Lipinski definition) is 1. The summed E-state index contributed by atoms with van der Waals surface area (Å²) in [5, 5.41) is 7.44. The summed E-state index contributed by atoms with van der Waals surface area (Å²) in [4.78, 5) is 31.6. The number of imidazole rings is 1. The molecule has 1 aliphatic heterocycles. The normalized spacial score (nSPS) is 16.1. The average molecular weight is 423 g/mol. The molecule has 1 saturated heterocycles. The predicted octanol–water partition coefficient (Wildman–Crippen LogP) is 3.32. The van der Waals surface area contributed by atoms with Gasteiger partial charge < -0.3 is 10.2 Å². The van der Waals surface area contributed by atoms with Gasteiger partial charge in [-0.2, -0.15) is 5.10 Å². The highest BCUT2D eigenvalue weighted by Crippen LogP contribution is 2.28. The molecule has 0 saturated carbocycles. The fourth-order valence-electron chi connectivity index (χ4n) is 3.87. The number of aromatic nitrogens is 3. The topological polar surface area (TPSA) is 79.6 Å². The van der Waals surface area contributed by atoms with Gasteiger partial charge in [0.1, 0.15) is 17.1 Å². The Kier molecular flexibility index (Phi) is 5.03. The second-order valence-electron chi connectivity index (χ2n) is 8.77. The third-order valence-electron chi connectivity index (χ3n) is 5.85. The van der Waals surface area contributed by atoms with Gasteiger partial charge >= 0.3 is 0 Å². The van der Waals surface area contributed by atoms with Crippen LogP contribution in [0.3, 0.4) is 0 Å². The lowest BCUT2D eigenvalue weighted by Crippen LogP contribution is -2.63. The fraction of sp³-hybridized carbons (Fsp3) is 0.391. The number of amides is 2. The first-order valence-corrected chi connectivity index (χ1v) is 10.4. The standard InChI is InChI=1S/C23H26FN5O2/c1-13(2)16-11-18(15-6-7-17(24)14(3)10-15)27-29-12-19(26-20(16)29)21(30)28-9-8-25-22(31)23(28,4)5/h6-7,10-13H,8-9H2,1-5H3,(H,25,31). The first-order valence-electron chi connectivity index (χ1n) is 10.4. The van der Waals surface area contributed by atoms with E-state index in [0.29, 0.717) is 30.0 Å². The van der Waals surface area contributed by atoms with E-state index >= 15 is 0 Å². The molecule has 1 aliphatic rings. The van der Waals surface area contributed by atoms with Gasteiger partial charge in [-0.3, -0.25) is 9.59 Å². The zero-order chi connectivity index (χ0) is 22.5. The van der Waals surface area contributed by atoms with Crippen molar-refractivity contribution in [3.8, 4) is 11.3 Å². The Hall–Kier alpha value is -3.29. The molecule has 0 unspecified atom stereocenters. The lowest BCUT2D eigenvalue weighted by Gasteiger charge is -2.40. The maximum atomic E-state index is 13.7. The number of carbonyl (C=O) groups excluding carboxylic acids is 2. The molecule has 0 aliphatic carbocycles. The van der Waals surface area contributed by atoms with E-state index in [2.05, 4.69) is 15.4 Å². The first-order chi connectivity index (χ1) is 14.6. The Labute approximate surface area is 180 Å². The highest BCUT2D eigenvalue weighted by atomic mass is 19.1. The summed E-state index contributed by atoms with van der Waals surface area (Å²) in [6, 6.07) is 6.81. The Morgan fingerprint density at radius 1 is 1.26 bits per heavy atom. The minimum atomic E-state index is -0.962. The van der Waals surface area contributed by atoms with E-state index in [4.69, 9.17) is 0 Å². The number of aryl methyl sites for hydroxylation is 1. The lowest BCUT2D eigenvalue weighted by molar-refractivity contribution is -0.133. The SMILES string of the molecule is Cc1cc(-c2cc(C(C)C)c3nc(C(=O)N4CCNC(=O)C4(C)C)cn3n2)ccc1F. The molecule has 1 fully saturated rings. The molecule has 0 spiro atoms. The van der Waals surface area contributed by atoms with Gasteiger partial charge in [0.2, 0.25) is 5.91 Å². The van der Waals surface area contributed by atoms with Crippen molar-refractivity contribution in [1.29, 1.82) is 0 Å². The molecular formula is C23H26FN5O2. The van der Waals surface area contributed by atoms with Crippen molar-refractivity contribution in [3.05, 3.63) is 53.1 Å². The lowest BCUT2D eigenvalue weighted by atomic mass is 9.98. The number of piperazine rings is 1. The molecule has 7 nitrogen and oxygen atoms in total. The van der Waals surface area contributed by atoms with Crippen LogP contribution < -0.4 is 5.32 Å². The molecule has 4 rings (SSSR count). The van der Waals surface area contributed by atoms with Crippen LogP contribution >= 0.6 is 0 Å². The van der Waals surface area contributed by atoms with Gasteiger partial charge in [-0.1, -0.05) is 13.8 Å². The predicted molar refractivity (Wildman–Crippen MR) is 115 cm³/mol. The fourth-order valence-corrected chi connectivity index (χ4v) is 3.87. The van der Waals surface area contributed by atoms with Crippen molar-refractivity contribution in [2.45, 2.75) is 46.1 Å². The first kappa shape index (κ1) is 21.0. The molecular weight excluding hydrogens is 397 g/mol. The van der Waals surface area contributed by atoms with E-state index in [0.717, 1.165) is 11.1 Å². The molecule has 3 aromatic rings. The van der Waals surface area contributed by atoms with Crippen molar-refractivity contribution in [2.75, 3.05) is 13.1 Å². The quantitative estimate of drug-likeness (QED) is 0.701. The van der Waals surface area contributed by atoms with Gasteiger partial charge in [0.25, 0.3) is 5.91 Å². The molecule has 1 N–H and O–H groups in total. The van der Waals surface area contributed by atoms with E-state index in [1.54, 1.807) is 48.5 Å². The molecule has 8 heteroatoms. The Morgan fingerprint density at radius 2 is 2.00 bits per heavy atom. The smallest absolute Gasteiger partial charge is 0.275 e. The molecule has 3 heterocycles. The van der Waals surface area contributed by atoms with Gasteiger partial charge in [-0.25, -0.2) is 13.9 Å². The molecule has 162 valence electrons. The number of nitrogens with one attached hydrogen (secondary N) is 1. The third-order valence-corrected chi connectivity index (χ3v) is 5.85. The van der Waals surface area contributed by atoms with Crippen LogP contribution in [0, 0.1) is 12.7 Å². The van der Waals surface area contributed by atoms with Crippen LogP contribution in [0.25, 0.3) is 16.9 Å². The summed E-state index contributed by atoms with van der Waals surface area (Å²) in [7, 11) is 0. The number of fused-ring (bicyclic) bond motifs is 1. The molecule has 0 atom stereocenters. The molecule has 2 aromatic heterocycles. The van der Waals surface area contributed by atoms with Crippen LogP contribution in [0.4, 0.5) is 4.39 Å². The largest absolute Gasteiger partial charge is 0.352 e. The molecule has 1 aromatic carbocycles. The van der Waals surface area contributed by atoms with Crippen LogP contribution in [0.5, 0.6) is 0 Å². The molecule has 0 radical (unpaired) electrons. The van der Waals surface area contributed by atoms with Gasteiger partial charge in [0, 0.05) is 24.2 Å². The number of hydrogen-bond acceptors (Lipinski definition) is 4. The molecule has 31 heavy (non-hydrogen) atoms. The minimum Gasteiger partial charge on any atom is -0.352 e. The van der Waals surface area contributed by atoms with Crippen LogP contribution in [0.2, 0.25) is 0 Å². The van der Waals surface area contributed by atoms with Crippen LogP contribution in [-0.2, 0) is 4.79 Å². The van der Waals surface area contributed by atoms with Crippen molar-refractivity contribution in [2.24, 2.45) is 0 Å². The molecule has 2 amide bonds. The van der Waals surface area contributed by atoms with E-state index in [-0.39, 0.29) is 29.2 Å². The maximum absolute atomic E-state index is 13.7. The summed E-state index contributed by atoms with van der Waals surface area (Å²) in [6.07, 6.45) is 1.60. The summed E-state index contributed by atoms with van der Waals surface area (Å²) >= 11 is 0. The van der Waals surface area contributed by atoms with E-state index in [1.807, 2.05) is 19.9 Å².